The van der Waals surface area contributed by atoms with Gasteiger partial charge in [0.1, 0.15) is 65.9 Å². The van der Waals surface area contributed by atoms with Crippen molar-refractivity contribution in [2.75, 3.05) is 19.7 Å². The van der Waals surface area contributed by atoms with Gasteiger partial charge in [-0.15, -0.1) is 0 Å². The van der Waals surface area contributed by atoms with E-state index in [0.717, 1.165) is 0 Å². The first kappa shape index (κ1) is 72.8. The number of carbonyl (C=O) groups is 12. The molecule has 482 valence electrons. The van der Waals surface area contributed by atoms with Gasteiger partial charge in [-0.1, -0.05) is 72.2 Å². The highest BCUT2D eigenvalue weighted by atomic mass is 16.4. The lowest BCUT2D eigenvalue weighted by atomic mass is 9.96. The van der Waals surface area contributed by atoms with Crippen molar-refractivity contribution >= 4 is 71.0 Å². The van der Waals surface area contributed by atoms with Gasteiger partial charge in [-0.25, -0.2) is 4.79 Å². The number of hydrogen-bond donors (Lipinski definition) is 16. The van der Waals surface area contributed by atoms with E-state index in [1.807, 2.05) is 0 Å². The van der Waals surface area contributed by atoms with Gasteiger partial charge in [0.2, 0.25) is 59.1 Å². The first-order valence-electron chi connectivity index (χ1n) is 29.1. The van der Waals surface area contributed by atoms with Crippen LogP contribution in [0.15, 0.2) is 48.5 Å². The van der Waals surface area contributed by atoms with Crippen LogP contribution in [0.1, 0.15) is 117 Å². The van der Waals surface area contributed by atoms with Gasteiger partial charge in [0.15, 0.2) is 0 Å². The summed E-state index contributed by atoms with van der Waals surface area (Å²) < 4.78 is 0. The number of benzene rings is 2. The van der Waals surface area contributed by atoms with Crippen LogP contribution in [0.4, 0.5) is 0 Å². The Morgan fingerprint density at radius 1 is 0.575 bits per heavy atom. The van der Waals surface area contributed by atoms with Gasteiger partial charge in [-0.05, 0) is 111 Å². The number of aliphatic carboxylic acids is 2. The number of phenolic OH excluding ortho intramolecular Hbond substituents is 2. The number of nitrogens with two attached hydrogens (primary N) is 3. The number of primary amides is 1. The third-order valence-electron chi connectivity index (χ3n) is 14.5. The second-order valence-electron chi connectivity index (χ2n) is 22.7. The van der Waals surface area contributed by atoms with E-state index >= 15 is 0 Å². The first-order chi connectivity index (χ1) is 41.0. The smallest absolute Gasteiger partial charge is 0.328 e. The summed E-state index contributed by atoms with van der Waals surface area (Å²) in [5, 5.41) is 68.5. The minimum absolute atomic E-state index is 0.0200. The largest absolute Gasteiger partial charge is 0.508 e. The molecule has 0 unspecified atom stereocenters. The molecule has 1 heterocycles. The predicted molar refractivity (Wildman–Crippen MR) is 314 cm³/mol. The molecule has 29 nitrogen and oxygen atoms in total. The minimum atomic E-state index is -1.91. The maximum absolute atomic E-state index is 14.7. The summed E-state index contributed by atoms with van der Waals surface area (Å²) in [7, 11) is 0. The van der Waals surface area contributed by atoms with Crippen molar-refractivity contribution in [2.45, 2.75) is 179 Å². The number of nitrogens with one attached hydrogen (secondary N) is 8. The number of aliphatic hydroxyl groups excluding tert-OH is 1. The Bertz CT molecular complexity index is 2700. The van der Waals surface area contributed by atoms with Gasteiger partial charge < -0.3 is 90.2 Å². The number of aromatic hydroxyl groups is 2. The fourth-order valence-electron chi connectivity index (χ4n) is 9.55. The Morgan fingerprint density at radius 3 is 1.56 bits per heavy atom. The SMILES string of the molecule is CC[C@H](C)[C@H](NC(=O)[C@H](Cc1ccc(O)cc1)NC(=O)[C@H](CC(C)C)NC(=O)[C@@H]1CCCN1C(=O)[C@H](CC(C)C)NC(=O)[C@H](CCCCN)NC(=O)[C@H](CC(=O)O)NC(=O)[C@H](CC(N)=O)NC(=O)[C@@H](N)Cc1ccc(O)cc1)C(=O)N[C@@H](CO)C(=O)O. The van der Waals surface area contributed by atoms with E-state index in [0.29, 0.717) is 30.4 Å². The molecule has 0 aliphatic carbocycles. The molecule has 87 heavy (non-hydrogen) atoms. The zero-order chi connectivity index (χ0) is 65.2. The van der Waals surface area contributed by atoms with Crippen LogP contribution in [0.25, 0.3) is 0 Å². The van der Waals surface area contributed by atoms with Gasteiger partial charge in [-0.3, -0.25) is 52.7 Å². The van der Waals surface area contributed by atoms with Gasteiger partial charge in [0.05, 0.1) is 25.5 Å². The van der Waals surface area contributed by atoms with Crippen LogP contribution in [0.5, 0.6) is 11.5 Å². The number of carboxylic acids is 2. The second-order valence-corrected chi connectivity index (χ2v) is 22.7. The predicted octanol–water partition coefficient (Wildman–Crippen LogP) is -2.23. The molecule has 0 bridgehead atoms. The van der Waals surface area contributed by atoms with Gasteiger partial charge in [-0.2, -0.15) is 0 Å². The Morgan fingerprint density at radius 2 is 1.05 bits per heavy atom. The molecule has 0 saturated carbocycles. The van der Waals surface area contributed by atoms with E-state index < -0.39 is 157 Å². The first-order valence-corrected chi connectivity index (χ1v) is 29.1. The molecular weight excluding hydrogens is 1140 g/mol. The Labute approximate surface area is 504 Å². The second kappa shape index (κ2) is 35.9. The van der Waals surface area contributed by atoms with Crippen LogP contribution in [-0.4, -0.2) is 182 Å². The Balaban J connectivity index is 1.89. The van der Waals surface area contributed by atoms with E-state index in [9.17, 15) is 83.1 Å². The van der Waals surface area contributed by atoms with Crippen LogP contribution in [0.2, 0.25) is 0 Å². The third-order valence-corrected chi connectivity index (χ3v) is 14.5. The molecule has 0 spiro atoms. The van der Waals surface area contributed by atoms with Crippen molar-refractivity contribution in [3.05, 3.63) is 59.7 Å². The molecule has 0 radical (unpaired) electrons. The van der Waals surface area contributed by atoms with Crippen molar-refractivity contribution in [2.24, 2.45) is 35.0 Å². The van der Waals surface area contributed by atoms with Crippen LogP contribution >= 0.6 is 0 Å². The van der Waals surface area contributed by atoms with Crippen molar-refractivity contribution in [3.8, 4) is 11.5 Å². The summed E-state index contributed by atoms with van der Waals surface area (Å²) in [6.07, 6.45) is -0.748. The van der Waals surface area contributed by atoms with Crippen LogP contribution in [0.3, 0.4) is 0 Å². The van der Waals surface area contributed by atoms with E-state index in [4.69, 9.17) is 17.2 Å². The molecular formula is C58H88N12O17. The van der Waals surface area contributed by atoms with Gasteiger partial charge in [0, 0.05) is 13.0 Å². The lowest BCUT2D eigenvalue weighted by Gasteiger charge is -2.32. The third kappa shape index (κ3) is 24.5. The molecule has 29 heteroatoms. The van der Waals surface area contributed by atoms with Crippen molar-refractivity contribution in [1.82, 2.24) is 47.4 Å². The van der Waals surface area contributed by atoms with Crippen LogP contribution < -0.4 is 59.7 Å². The fourth-order valence-corrected chi connectivity index (χ4v) is 9.55. The summed E-state index contributed by atoms with van der Waals surface area (Å²) >= 11 is 0. The summed E-state index contributed by atoms with van der Waals surface area (Å²) in [5.74, 6) is -13.5. The summed E-state index contributed by atoms with van der Waals surface area (Å²) in [5.41, 5.74) is 18.2. The number of hydrogen-bond acceptors (Lipinski definition) is 17. The molecule has 1 saturated heterocycles. The number of carbonyl (C=O) groups excluding carboxylic acids is 10. The van der Waals surface area contributed by atoms with E-state index in [1.165, 1.54) is 53.4 Å². The maximum Gasteiger partial charge on any atom is 0.328 e. The molecule has 0 aromatic heterocycles. The fraction of sp³-hybridized carbons (Fsp3) is 0.586. The number of amides is 10. The minimum Gasteiger partial charge on any atom is -0.508 e. The number of carboxylic acid groups (broad SMARTS) is 2. The highest BCUT2D eigenvalue weighted by Crippen LogP contribution is 2.23. The lowest BCUT2D eigenvalue weighted by molar-refractivity contribution is -0.144. The quantitative estimate of drug-likeness (QED) is 0.0319. The number of nitrogens with zero attached hydrogens (tertiary/aromatic N) is 1. The van der Waals surface area contributed by atoms with Crippen LogP contribution in [-0.2, 0) is 70.4 Å². The molecule has 11 atom stereocenters. The van der Waals surface area contributed by atoms with E-state index in [1.54, 1.807) is 41.5 Å². The Hall–Kier alpha value is -8.44. The Kier molecular flexibility index (Phi) is 30.0. The normalized spacial score (nSPS) is 16.4. The maximum atomic E-state index is 14.7. The average molecular weight is 1230 g/mol. The number of phenols is 2. The standard InChI is InChI=1S/C58H88N12O17/c1-7-32(6)48(56(84)68-44(29-71)58(86)87)69-54(82)40(26-34-15-19-36(73)20-16-34)64-51(79)39(23-30(2)3)66-55(83)45-12-10-22-70(45)57(85)43(24-31(4)5)67-50(78)38(11-8-9-21-59)62-53(81)42(28-47(75)76)65-52(80)41(27-46(61)74)63-49(77)37(60)25-33-13-17-35(72)18-14-33/h13-20,30-32,37-45,48,71-73H,7-12,21-29,59-60H2,1-6H3,(H2,61,74)(H,62,81)(H,63,77)(H,64,79)(H,65,80)(H,66,83)(H,67,78)(H,68,84)(H,69,82)(H,75,76)(H,86,87)/t32-,37-,38-,39-,40-,41-,42-,43-,44-,45-,48-/m0/s1. The summed E-state index contributed by atoms with van der Waals surface area (Å²) in [6.45, 7) is 9.75. The van der Waals surface area contributed by atoms with Gasteiger partial charge in [0.25, 0.3) is 0 Å². The lowest BCUT2D eigenvalue weighted by Crippen LogP contribution is -2.61. The molecule has 2 aromatic rings. The molecule has 1 aliphatic rings. The molecule has 1 aliphatic heterocycles. The molecule has 2 aromatic carbocycles. The number of aliphatic hydroxyl groups is 1. The highest BCUT2D eigenvalue weighted by Gasteiger charge is 2.41. The number of rotatable bonds is 37. The van der Waals surface area contributed by atoms with Gasteiger partial charge >= 0.3 is 11.9 Å². The van der Waals surface area contributed by atoms with E-state index in [-0.39, 0.29) is 81.4 Å². The monoisotopic (exact) mass is 1220 g/mol. The van der Waals surface area contributed by atoms with Crippen molar-refractivity contribution in [3.63, 3.8) is 0 Å². The molecule has 10 amide bonds. The van der Waals surface area contributed by atoms with Crippen molar-refractivity contribution in [1.29, 1.82) is 0 Å². The molecule has 1 fully saturated rings. The van der Waals surface area contributed by atoms with Crippen LogP contribution in [0, 0.1) is 17.8 Å². The number of unbranched alkanes of at least 4 members (excludes halogenated alkanes) is 1. The topological polar surface area (TPSA) is 484 Å². The summed E-state index contributed by atoms with van der Waals surface area (Å²) in [6, 6.07) is -3.17. The zero-order valence-electron chi connectivity index (χ0n) is 50.0. The highest BCUT2D eigenvalue weighted by molar-refractivity contribution is 6.00. The molecule has 19 N–H and O–H groups in total. The summed E-state index contributed by atoms with van der Waals surface area (Å²) in [4.78, 5) is 164. The number of likely N-dealkylation sites (tertiary alicyclic amines) is 1. The average Bonchev–Trinajstić information content (AvgIpc) is 2.40. The van der Waals surface area contributed by atoms with Crippen molar-refractivity contribution < 1.29 is 83.1 Å². The zero-order valence-corrected chi connectivity index (χ0v) is 50.0. The van der Waals surface area contributed by atoms with E-state index in [2.05, 4.69) is 42.5 Å². The molecule has 3 rings (SSSR count).